The maximum Gasteiger partial charge on any atom is 0.308 e. The van der Waals surface area contributed by atoms with Crippen LogP contribution in [0.2, 0.25) is 0 Å². The molecular formula is C10H18O3. The Morgan fingerprint density at radius 3 is 2.38 bits per heavy atom. The molecular weight excluding hydrogens is 168 g/mol. The van der Waals surface area contributed by atoms with Crippen LogP contribution >= 0.6 is 0 Å². The van der Waals surface area contributed by atoms with Gasteiger partial charge < -0.3 is 9.47 Å². The van der Waals surface area contributed by atoms with Crippen LogP contribution in [-0.4, -0.2) is 25.8 Å². The molecule has 13 heavy (non-hydrogen) atoms. The van der Waals surface area contributed by atoms with Gasteiger partial charge in [0, 0.05) is 7.11 Å². The summed E-state index contributed by atoms with van der Waals surface area (Å²) in [5, 5.41) is 0. The lowest BCUT2D eigenvalue weighted by Crippen LogP contribution is -2.26. The molecule has 0 spiro atoms. The van der Waals surface area contributed by atoms with Crippen molar-refractivity contribution in [3.63, 3.8) is 0 Å². The molecule has 0 aliphatic heterocycles. The van der Waals surface area contributed by atoms with E-state index >= 15 is 0 Å². The van der Waals surface area contributed by atoms with Gasteiger partial charge in [0.2, 0.25) is 0 Å². The van der Waals surface area contributed by atoms with E-state index in [0.29, 0.717) is 12.7 Å². The second-order valence-corrected chi connectivity index (χ2v) is 3.46. The van der Waals surface area contributed by atoms with Gasteiger partial charge in [0.25, 0.3) is 0 Å². The predicted molar refractivity (Wildman–Crippen MR) is 49.4 cm³/mol. The van der Waals surface area contributed by atoms with Gasteiger partial charge in [0.15, 0.2) is 0 Å². The molecule has 0 bridgehead atoms. The van der Waals surface area contributed by atoms with Crippen molar-refractivity contribution < 1.29 is 14.3 Å². The fourth-order valence-corrected chi connectivity index (χ4v) is 1.79. The highest BCUT2D eigenvalue weighted by Gasteiger charge is 2.26. The van der Waals surface area contributed by atoms with Crippen molar-refractivity contribution in [3.8, 4) is 0 Å². The molecule has 3 heteroatoms. The van der Waals surface area contributed by atoms with E-state index in [4.69, 9.17) is 9.47 Å². The zero-order chi connectivity index (χ0) is 9.68. The van der Waals surface area contributed by atoms with Gasteiger partial charge in [0.05, 0.1) is 18.6 Å². The minimum absolute atomic E-state index is 0.0305. The van der Waals surface area contributed by atoms with E-state index in [-0.39, 0.29) is 11.9 Å². The van der Waals surface area contributed by atoms with Crippen molar-refractivity contribution in [1.82, 2.24) is 0 Å². The molecule has 0 atom stereocenters. The second kappa shape index (κ2) is 5.22. The Bertz CT molecular complexity index is 160. The average molecular weight is 186 g/mol. The third kappa shape index (κ3) is 2.99. The number of carbonyl (C=O) groups is 1. The SMILES string of the molecule is CCOC(=O)[C@H]1CC[C@H](OC)CC1. The van der Waals surface area contributed by atoms with Gasteiger partial charge >= 0.3 is 5.97 Å². The normalized spacial score (nSPS) is 28.5. The van der Waals surface area contributed by atoms with Crippen LogP contribution in [0, 0.1) is 5.92 Å². The van der Waals surface area contributed by atoms with Gasteiger partial charge in [-0.2, -0.15) is 0 Å². The largest absolute Gasteiger partial charge is 0.466 e. The summed E-state index contributed by atoms with van der Waals surface area (Å²) in [5.41, 5.74) is 0. The van der Waals surface area contributed by atoms with Crippen LogP contribution in [0.3, 0.4) is 0 Å². The van der Waals surface area contributed by atoms with Crippen molar-refractivity contribution in [2.45, 2.75) is 38.7 Å². The lowest BCUT2D eigenvalue weighted by atomic mass is 9.87. The predicted octanol–water partition coefficient (Wildman–Crippen LogP) is 1.75. The summed E-state index contributed by atoms with van der Waals surface area (Å²) in [6.45, 7) is 2.34. The summed E-state index contributed by atoms with van der Waals surface area (Å²) < 4.78 is 10.2. The maximum atomic E-state index is 11.3. The molecule has 1 aliphatic rings. The van der Waals surface area contributed by atoms with Crippen LogP contribution < -0.4 is 0 Å². The summed E-state index contributed by atoms with van der Waals surface area (Å²) in [6.07, 6.45) is 4.15. The first-order valence-corrected chi connectivity index (χ1v) is 4.97. The van der Waals surface area contributed by atoms with Crippen LogP contribution in [0.5, 0.6) is 0 Å². The highest BCUT2D eigenvalue weighted by atomic mass is 16.5. The summed E-state index contributed by atoms with van der Waals surface area (Å²) in [4.78, 5) is 11.3. The fraction of sp³-hybridized carbons (Fsp3) is 0.900. The lowest BCUT2D eigenvalue weighted by molar-refractivity contribution is -0.149. The maximum absolute atomic E-state index is 11.3. The molecule has 0 aromatic rings. The van der Waals surface area contributed by atoms with E-state index in [0.717, 1.165) is 25.7 Å². The minimum atomic E-state index is -0.0305. The van der Waals surface area contributed by atoms with E-state index in [9.17, 15) is 4.79 Å². The number of rotatable bonds is 3. The molecule has 3 nitrogen and oxygen atoms in total. The third-order valence-electron chi connectivity index (χ3n) is 2.63. The minimum Gasteiger partial charge on any atom is -0.466 e. The van der Waals surface area contributed by atoms with Crippen molar-refractivity contribution in [2.24, 2.45) is 5.92 Å². The summed E-state index contributed by atoms with van der Waals surface area (Å²) >= 11 is 0. The molecule has 0 unspecified atom stereocenters. The standard InChI is InChI=1S/C10H18O3/c1-3-13-10(11)8-4-6-9(12-2)7-5-8/h8-9H,3-7H2,1-2H3/t8-,9-. The molecule has 1 aliphatic carbocycles. The number of hydrogen-bond acceptors (Lipinski definition) is 3. The fourth-order valence-electron chi connectivity index (χ4n) is 1.79. The van der Waals surface area contributed by atoms with Crippen LogP contribution in [0.15, 0.2) is 0 Å². The van der Waals surface area contributed by atoms with Crippen molar-refractivity contribution in [1.29, 1.82) is 0 Å². The molecule has 0 saturated heterocycles. The average Bonchev–Trinajstić information content (AvgIpc) is 2.18. The number of esters is 1. The highest BCUT2D eigenvalue weighted by Crippen LogP contribution is 2.26. The van der Waals surface area contributed by atoms with E-state index in [1.54, 1.807) is 7.11 Å². The third-order valence-corrected chi connectivity index (χ3v) is 2.63. The van der Waals surface area contributed by atoms with E-state index in [1.807, 2.05) is 6.92 Å². The Labute approximate surface area is 79.4 Å². The Kier molecular flexibility index (Phi) is 4.22. The van der Waals surface area contributed by atoms with Crippen molar-refractivity contribution >= 4 is 5.97 Å². The van der Waals surface area contributed by atoms with Gasteiger partial charge in [-0.3, -0.25) is 4.79 Å². The molecule has 0 amide bonds. The van der Waals surface area contributed by atoms with Crippen LogP contribution in [0.1, 0.15) is 32.6 Å². The van der Waals surface area contributed by atoms with Crippen LogP contribution in [-0.2, 0) is 14.3 Å². The highest BCUT2D eigenvalue weighted by molar-refractivity contribution is 5.72. The molecule has 0 aromatic heterocycles. The van der Waals surface area contributed by atoms with Gasteiger partial charge in [0.1, 0.15) is 0 Å². The molecule has 76 valence electrons. The first kappa shape index (κ1) is 10.5. The Hall–Kier alpha value is -0.570. The van der Waals surface area contributed by atoms with Crippen molar-refractivity contribution in [2.75, 3.05) is 13.7 Å². The number of carbonyl (C=O) groups excluding carboxylic acids is 1. The lowest BCUT2D eigenvalue weighted by Gasteiger charge is -2.25. The Balaban J connectivity index is 2.28. The molecule has 0 aromatic carbocycles. The van der Waals surface area contributed by atoms with E-state index in [2.05, 4.69) is 0 Å². The van der Waals surface area contributed by atoms with E-state index < -0.39 is 0 Å². The van der Waals surface area contributed by atoms with Gasteiger partial charge in [-0.05, 0) is 32.6 Å². The Morgan fingerprint density at radius 2 is 1.92 bits per heavy atom. The topological polar surface area (TPSA) is 35.5 Å². The van der Waals surface area contributed by atoms with Gasteiger partial charge in [-0.25, -0.2) is 0 Å². The first-order chi connectivity index (χ1) is 6.27. The summed E-state index contributed by atoms with van der Waals surface area (Å²) in [6, 6.07) is 0. The molecule has 1 saturated carbocycles. The number of hydrogen-bond donors (Lipinski definition) is 0. The zero-order valence-electron chi connectivity index (χ0n) is 8.41. The monoisotopic (exact) mass is 186 g/mol. The zero-order valence-corrected chi connectivity index (χ0v) is 8.41. The number of ether oxygens (including phenoxy) is 2. The molecule has 0 radical (unpaired) electrons. The van der Waals surface area contributed by atoms with Gasteiger partial charge in [-0.1, -0.05) is 0 Å². The summed E-state index contributed by atoms with van der Waals surface area (Å²) in [7, 11) is 1.73. The van der Waals surface area contributed by atoms with Crippen LogP contribution in [0.25, 0.3) is 0 Å². The van der Waals surface area contributed by atoms with Crippen LogP contribution in [0.4, 0.5) is 0 Å². The quantitative estimate of drug-likeness (QED) is 0.630. The van der Waals surface area contributed by atoms with Gasteiger partial charge in [-0.15, -0.1) is 0 Å². The van der Waals surface area contributed by atoms with E-state index in [1.165, 1.54) is 0 Å². The Morgan fingerprint density at radius 1 is 1.31 bits per heavy atom. The molecule has 1 rings (SSSR count). The molecule has 1 fully saturated rings. The van der Waals surface area contributed by atoms with Crippen molar-refractivity contribution in [3.05, 3.63) is 0 Å². The smallest absolute Gasteiger partial charge is 0.308 e. The summed E-state index contributed by atoms with van der Waals surface area (Å²) in [5.74, 6) is 0.0865. The number of methoxy groups -OCH3 is 1. The first-order valence-electron chi connectivity index (χ1n) is 4.97. The second-order valence-electron chi connectivity index (χ2n) is 3.46. The molecule has 0 heterocycles. The molecule has 0 N–H and O–H groups in total.